The quantitative estimate of drug-likeness (QED) is 0.904. The Morgan fingerprint density at radius 2 is 2.26 bits per heavy atom. The minimum absolute atomic E-state index is 0.221. The molecule has 1 aliphatic heterocycles. The molecule has 2 aromatic rings. The smallest absolute Gasteiger partial charge is 0.240 e. The van der Waals surface area contributed by atoms with Crippen molar-refractivity contribution in [3.63, 3.8) is 0 Å². The molecule has 0 radical (unpaired) electrons. The van der Waals surface area contributed by atoms with Crippen LogP contribution in [0.5, 0.6) is 0 Å². The van der Waals surface area contributed by atoms with Gasteiger partial charge in [0.05, 0.1) is 12.6 Å². The van der Waals surface area contributed by atoms with Gasteiger partial charge in [0.2, 0.25) is 5.89 Å². The van der Waals surface area contributed by atoms with Crippen molar-refractivity contribution in [3.05, 3.63) is 47.1 Å². The molecular formula is C15H17F2N3O3. The molecule has 23 heavy (non-hydrogen) atoms. The van der Waals surface area contributed by atoms with E-state index in [9.17, 15) is 13.9 Å². The molecule has 1 N–H and O–H groups in total. The maximum absolute atomic E-state index is 14.0. The molecule has 3 rings (SSSR count). The maximum Gasteiger partial charge on any atom is 0.240 e. The van der Waals surface area contributed by atoms with E-state index in [1.165, 1.54) is 7.11 Å². The van der Waals surface area contributed by atoms with Crippen LogP contribution < -0.4 is 0 Å². The molecule has 6 nitrogen and oxygen atoms in total. The number of aliphatic hydroxyl groups is 1. The number of hydrogen-bond donors (Lipinski definition) is 1. The third-order valence-corrected chi connectivity index (χ3v) is 3.82. The normalized spacial score (nSPS) is 21.9. The van der Waals surface area contributed by atoms with E-state index >= 15 is 0 Å². The van der Waals surface area contributed by atoms with Crippen molar-refractivity contribution >= 4 is 0 Å². The lowest BCUT2D eigenvalue weighted by molar-refractivity contribution is 0.163. The van der Waals surface area contributed by atoms with Crippen molar-refractivity contribution in [2.45, 2.75) is 31.7 Å². The van der Waals surface area contributed by atoms with Crippen LogP contribution in [0.4, 0.5) is 8.78 Å². The lowest BCUT2D eigenvalue weighted by Crippen LogP contribution is -2.25. The highest BCUT2D eigenvalue weighted by Crippen LogP contribution is 2.34. The molecule has 1 saturated heterocycles. The summed E-state index contributed by atoms with van der Waals surface area (Å²) in [5.41, 5.74) is 0.221. The highest BCUT2D eigenvalue weighted by Gasteiger charge is 2.34. The predicted molar refractivity (Wildman–Crippen MR) is 75.1 cm³/mol. The number of ether oxygens (including phenoxy) is 1. The van der Waals surface area contributed by atoms with Crippen LogP contribution in [-0.4, -0.2) is 39.9 Å². The number of halogens is 2. The van der Waals surface area contributed by atoms with Gasteiger partial charge in [-0.1, -0.05) is 5.16 Å². The molecule has 2 heterocycles. The number of aliphatic hydroxyl groups excluding tert-OH is 1. The molecule has 8 heteroatoms. The van der Waals surface area contributed by atoms with Crippen molar-refractivity contribution in [2.75, 3.05) is 13.7 Å². The number of β-amino-alcohol motifs (C(OH)–C–C–N with tert-alkyl or cyclic N) is 1. The summed E-state index contributed by atoms with van der Waals surface area (Å²) in [4.78, 5) is 5.96. The average molecular weight is 325 g/mol. The van der Waals surface area contributed by atoms with E-state index in [0.29, 0.717) is 24.7 Å². The second-order valence-electron chi connectivity index (χ2n) is 5.54. The Labute approximate surface area is 131 Å². The SMILES string of the molecule is COCc1noc(CN2CC(O)CC2c2cc(F)ccc2F)n1. The molecule has 1 aromatic heterocycles. The van der Waals surface area contributed by atoms with Gasteiger partial charge in [-0.05, 0) is 24.6 Å². The molecule has 1 aliphatic rings. The van der Waals surface area contributed by atoms with Crippen LogP contribution in [0.3, 0.4) is 0 Å². The summed E-state index contributed by atoms with van der Waals surface area (Å²) >= 11 is 0. The third-order valence-electron chi connectivity index (χ3n) is 3.82. The van der Waals surface area contributed by atoms with Gasteiger partial charge in [-0.15, -0.1) is 0 Å². The minimum atomic E-state index is -0.621. The maximum atomic E-state index is 14.0. The van der Waals surface area contributed by atoms with E-state index in [1.807, 2.05) is 0 Å². The van der Waals surface area contributed by atoms with Crippen LogP contribution in [0.15, 0.2) is 22.7 Å². The molecule has 0 bridgehead atoms. The summed E-state index contributed by atoms with van der Waals surface area (Å²) in [7, 11) is 1.52. The number of benzene rings is 1. The number of likely N-dealkylation sites (tertiary alicyclic amines) is 1. The average Bonchev–Trinajstić information content (AvgIpc) is 3.09. The predicted octanol–water partition coefficient (Wildman–Crippen LogP) is 1.80. The summed E-state index contributed by atoms with van der Waals surface area (Å²) < 4.78 is 37.5. The van der Waals surface area contributed by atoms with Crippen LogP contribution in [-0.2, 0) is 17.9 Å². The van der Waals surface area contributed by atoms with Gasteiger partial charge in [-0.2, -0.15) is 4.98 Å². The number of aromatic nitrogens is 2. The fourth-order valence-corrected chi connectivity index (χ4v) is 2.86. The Morgan fingerprint density at radius 1 is 1.43 bits per heavy atom. The molecule has 0 spiro atoms. The van der Waals surface area contributed by atoms with Gasteiger partial charge in [0.15, 0.2) is 5.82 Å². The lowest BCUT2D eigenvalue weighted by atomic mass is 10.0. The zero-order valence-corrected chi connectivity index (χ0v) is 12.6. The van der Waals surface area contributed by atoms with Gasteiger partial charge in [0, 0.05) is 25.3 Å². The molecule has 0 amide bonds. The lowest BCUT2D eigenvalue weighted by Gasteiger charge is -2.23. The van der Waals surface area contributed by atoms with E-state index in [4.69, 9.17) is 9.26 Å². The van der Waals surface area contributed by atoms with Gasteiger partial charge < -0.3 is 14.4 Å². The fraction of sp³-hybridized carbons (Fsp3) is 0.467. The number of rotatable bonds is 5. The van der Waals surface area contributed by atoms with E-state index in [-0.39, 0.29) is 18.7 Å². The van der Waals surface area contributed by atoms with E-state index < -0.39 is 23.8 Å². The van der Waals surface area contributed by atoms with Crippen LogP contribution in [0.25, 0.3) is 0 Å². The van der Waals surface area contributed by atoms with Gasteiger partial charge in [0.25, 0.3) is 0 Å². The van der Waals surface area contributed by atoms with E-state index in [1.54, 1.807) is 4.90 Å². The number of methoxy groups -OCH3 is 1. The van der Waals surface area contributed by atoms with E-state index in [2.05, 4.69) is 10.1 Å². The molecule has 0 saturated carbocycles. The van der Waals surface area contributed by atoms with Gasteiger partial charge in [-0.3, -0.25) is 4.90 Å². The summed E-state index contributed by atoms with van der Waals surface area (Å²) in [5.74, 6) is -0.257. The zero-order chi connectivity index (χ0) is 16.4. The zero-order valence-electron chi connectivity index (χ0n) is 12.6. The largest absolute Gasteiger partial charge is 0.392 e. The van der Waals surface area contributed by atoms with Gasteiger partial charge in [-0.25, -0.2) is 8.78 Å². The third kappa shape index (κ3) is 3.54. The highest BCUT2D eigenvalue weighted by molar-refractivity contribution is 5.24. The summed E-state index contributed by atoms with van der Waals surface area (Å²) in [5, 5.41) is 13.7. The van der Waals surface area contributed by atoms with Crippen LogP contribution in [0.1, 0.15) is 29.7 Å². The first kappa shape index (κ1) is 16.0. The fourth-order valence-electron chi connectivity index (χ4n) is 2.86. The molecule has 2 unspecified atom stereocenters. The summed E-state index contributed by atoms with van der Waals surface area (Å²) in [6.45, 7) is 0.797. The Balaban J connectivity index is 1.80. The van der Waals surface area contributed by atoms with Crippen molar-refractivity contribution in [1.82, 2.24) is 15.0 Å². The number of nitrogens with zero attached hydrogens (tertiary/aromatic N) is 3. The van der Waals surface area contributed by atoms with Gasteiger partial charge >= 0.3 is 0 Å². The minimum Gasteiger partial charge on any atom is -0.392 e. The standard InChI is InChI=1S/C15H17F2N3O3/c1-22-8-14-18-15(23-19-14)7-20-6-10(21)5-13(20)11-4-9(16)2-3-12(11)17/h2-4,10,13,21H,5-8H2,1H3. The topological polar surface area (TPSA) is 71.6 Å². The Bertz CT molecular complexity index is 680. The first-order chi connectivity index (χ1) is 11.1. The first-order valence-corrected chi connectivity index (χ1v) is 7.24. The van der Waals surface area contributed by atoms with Crippen LogP contribution in [0, 0.1) is 11.6 Å². The van der Waals surface area contributed by atoms with Crippen molar-refractivity contribution < 1.29 is 23.1 Å². The second kappa shape index (κ2) is 6.69. The van der Waals surface area contributed by atoms with Gasteiger partial charge in [0.1, 0.15) is 18.2 Å². The summed E-state index contributed by atoms with van der Waals surface area (Å²) in [6.07, 6.45) is -0.302. The molecule has 1 aromatic carbocycles. The number of hydrogen-bond acceptors (Lipinski definition) is 6. The summed E-state index contributed by atoms with van der Waals surface area (Å²) in [6, 6.07) is 2.88. The Morgan fingerprint density at radius 3 is 3.04 bits per heavy atom. The Kier molecular flexibility index (Phi) is 4.65. The van der Waals surface area contributed by atoms with Crippen molar-refractivity contribution in [1.29, 1.82) is 0 Å². The van der Waals surface area contributed by atoms with Crippen LogP contribution in [0.2, 0.25) is 0 Å². The molecule has 2 atom stereocenters. The van der Waals surface area contributed by atoms with E-state index in [0.717, 1.165) is 18.2 Å². The van der Waals surface area contributed by atoms with Crippen molar-refractivity contribution in [2.24, 2.45) is 0 Å². The highest BCUT2D eigenvalue weighted by atomic mass is 19.1. The molecule has 1 fully saturated rings. The first-order valence-electron chi connectivity index (χ1n) is 7.24. The van der Waals surface area contributed by atoms with Crippen LogP contribution >= 0.6 is 0 Å². The molecular weight excluding hydrogens is 308 g/mol. The monoisotopic (exact) mass is 325 g/mol. The second-order valence-corrected chi connectivity index (χ2v) is 5.54. The molecule has 0 aliphatic carbocycles. The van der Waals surface area contributed by atoms with Crippen molar-refractivity contribution in [3.8, 4) is 0 Å². The molecule has 124 valence electrons. The Hall–Kier alpha value is -1.90.